The zero-order valence-electron chi connectivity index (χ0n) is 17.3. The minimum absolute atomic E-state index is 0.310. The van der Waals surface area contributed by atoms with E-state index in [0.717, 1.165) is 21.0 Å². The highest BCUT2D eigenvalue weighted by atomic mass is 32.1. The first-order chi connectivity index (χ1) is 15.1. The lowest BCUT2D eigenvalue weighted by Gasteiger charge is -2.06. The number of hydrogen-bond donors (Lipinski definition) is 0. The van der Waals surface area contributed by atoms with Crippen molar-refractivity contribution >= 4 is 44.2 Å². The van der Waals surface area contributed by atoms with Crippen LogP contribution in [0.2, 0.25) is 0 Å². The smallest absolute Gasteiger partial charge is 0.337 e. The third-order valence-corrected chi connectivity index (χ3v) is 6.00. The van der Waals surface area contributed by atoms with E-state index in [4.69, 9.17) is 9.47 Å². The first kappa shape index (κ1) is 21.0. The average Bonchev–Trinajstić information content (AvgIpc) is 3.14. The summed E-state index contributed by atoms with van der Waals surface area (Å²) in [5.41, 5.74) is 1.88. The minimum atomic E-state index is -0.401. The van der Waals surface area contributed by atoms with Crippen LogP contribution in [0.1, 0.15) is 27.6 Å². The first-order valence-electron chi connectivity index (χ1n) is 9.98. The van der Waals surface area contributed by atoms with E-state index < -0.39 is 5.97 Å². The van der Waals surface area contributed by atoms with Gasteiger partial charge in [-0.25, -0.2) is 4.79 Å². The summed E-state index contributed by atoms with van der Waals surface area (Å²) in [6.07, 6.45) is 0. The number of ether oxygens (including phenoxy) is 2. The standard InChI is InChI=1S/C24H22N2O4S/c1-3-30-13-12-26-20-11-10-19(23(28)29-2)15-21(20)31-24(26)25-22(27)18-9-8-16-6-4-5-7-17(16)14-18/h4-11,14-15H,3,12-13H2,1-2H3. The lowest BCUT2D eigenvalue weighted by molar-refractivity contribution is 0.0600. The van der Waals surface area contributed by atoms with Crippen LogP contribution in [0.4, 0.5) is 0 Å². The summed E-state index contributed by atoms with van der Waals surface area (Å²) < 4.78 is 13.1. The van der Waals surface area contributed by atoms with E-state index in [9.17, 15) is 9.59 Å². The van der Waals surface area contributed by atoms with Crippen LogP contribution in [-0.4, -0.2) is 36.8 Å². The van der Waals surface area contributed by atoms with Crippen molar-refractivity contribution in [2.75, 3.05) is 20.3 Å². The Hall–Kier alpha value is -3.29. The van der Waals surface area contributed by atoms with E-state index in [2.05, 4.69) is 4.99 Å². The Morgan fingerprint density at radius 3 is 2.55 bits per heavy atom. The Labute approximate surface area is 183 Å². The Morgan fingerprint density at radius 1 is 1.00 bits per heavy atom. The molecule has 0 fully saturated rings. The molecule has 7 heteroatoms. The molecule has 3 aromatic carbocycles. The van der Waals surface area contributed by atoms with Gasteiger partial charge >= 0.3 is 5.97 Å². The second-order valence-electron chi connectivity index (χ2n) is 6.89. The van der Waals surface area contributed by atoms with Gasteiger partial charge in [0.25, 0.3) is 5.91 Å². The van der Waals surface area contributed by atoms with Gasteiger partial charge in [0.1, 0.15) is 0 Å². The number of esters is 1. The molecule has 0 N–H and O–H groups in total. The minimum Gasteiger partial charge on any atom is -0.465 e. The number of aromatic nitrogens is 1. The van der Waals surface area contributed by atoms with Crippen molar-refractivity contribution in [3.8, 4) is 0 Å². The van der Waals surface area contributed by atoms with Crippen molar-refractivity contribution in [3.63, 3.8) is 0 Å². The van der Waals surface area contributed by atoms with Gasteiger partial charge in [-0.3, -0.25) is 4.79 Å². The van der Waals surface area contributed by atoms with E-state index in [1.165, 1.54) is 18.4 Å². The number of benzene rings is 3. The van der Waals surface area contributed by atoms with Crippen molar-refractivity contribution in [3.05, 3.63) is 76.6 Å². The quantitative estimate of drug-likeness (QED) is 0.333. The molecular weight excluding hydrogens is 412 g/mol. The van der Waals surface area contributed by atoms with Gasteiger partial charge in [0, 0.05) is 18.7 Å². The van der Waals surface area contributed by atoms with Gasteiger partial charge in [0.2, 0.25) is 0 Å². The van der Waals surface area contributed by atoms with E-state index in [-0.39, 0.29) is 5.91 Å². The molecule has 0 saturated heterocycles. The summed E-state index contributed by atoms with van der Waals surface area (Å²) in [6, 6.07) is 18.8. The van der Waals surface area contributed by atoms with Crippen molar-refractivity contribution in [1.29, 1.82) is 0 Å². The summed E-state index contributed by atoms with van der Waals surface area (Å²) in [4.78, 5) is 29.8. The predicted molar refractivity (Wildman–Crippen MR) is 121 cm³/mol. The Bertz CT molecular complexity index is 1340. The highest BCUT2D eigenvalue weighted by Crippen LogP contribution is 2.21. The second kappa shape index (κ2) is 9.24. The van der Waals surface area contributed by atoms with Crippen LogP contribution < -0.4 is 4.80 Å². The molecule has 31 heavy (non-hydrogen) atoms. The molecule has 1 heterocycles. The number of amides is 1. The summed E-state index contributed by atoms with van der Waals surface area (Å²) in [5.74, 6) is -0.711. The number of nitrogens with zero attached hydrogens (tertiary/aromatic N) is 2. The Kier molecular flexibility index (Phi) is 6.25. The van der Waals surface area contributed by atoms with E-state index in [0.29, 0.717) is 35.7 Å². The number of rotatable bonds is 6. The van der Waals surface area contributed by atoms with Crippen molar-refractivity contribution in [1.82, 2.24) is 4.57 Å². The van der Waals surface area contributed by atoms with E-state index in [1.54, 1.807) is 18.2 Å². The fourth-order valence-electron chi connectivity index (χ4n) is 3.39. The largest absolute Gasteiger partial charge is 0.465 e. The molecule has 0 atom stereocenters. The highest BCUT2D eigenvalue weighted by molar-refractivity contribution is 7.16. The third kappa shape index (κ3) is 4.42. The van der Waals surface area contributed by atoms with E-state index in [1.807, 2.05) is 54.0 Å². The van der Waals surface area contributed by atoms with Crippen LogP contribution in [-0.2, 0) is 16.0 Å². The maximum Gasteiger partial charge on any atom is 0.337 e. The topological polar surface area (TPSA) is 69.9 Å². The van der Waals surface area contributed by atoms with Crippen molar-refractivity contribution in [2.45, 2.75) is 13.5 Å². The zero-order chi connectivity index (χ0) is 21.8. The SMILES string of the molecule is CCOCCn1c(=NC(=O)c2ccc3ccccc3c2)sc2cc(C(=O)OC)ccc21. The highest BCUT2D eigenvalue weighted by Gasteiger charge is 2.13. The number of thiazole rings is 1. The molecule has 0 bridgehead atoms. The molecule has 0 aliphatic rings. The van der Waals surface area contributed by atoms with Gasteiger partial charge in [0.05, 0.1) is 29.5 Å². The number of carbonyl (C=O) groups is 2. The van der Waals surface area contributed by atoms with Gasteiger partial charge in [0.15, 0.2) is 4.80 Å². The van der Waals surface area contributed by atoms with Gasteiger partial charge in [-0.2, -0.15) is 4.99 Å². The van der Waals surface area contributed by atoms with Crippen molar-refractivity contribution in [2.24, 2.45) is 4.99 Å². The summed E-state index contributed by atoms with van der Waals surface area (Å²) in [6.45, 7) is 3.60. The van der Waals surface area contributed by atoms with E-state index >= 15 is 0 Å². The molecule has 1 aromatic heterocycles. The number of methoxy groups -OCH3 is 1. The molecule has 0 radical (unpaired) electrons. The number of hydrogen-bond acceptors (Lipinski definition) is 5. The third-order valence-electron chi connectivity index (χ3n) is 4.96. The molecule has 0 unspecified atom stereocenters. The zero-order valence-corrected chi connectivity index (χ0v) is 18.1. The average molecular weight is 435 g/mol. The number of carbonyl (C=O) groups excluding carboxylic acids is 2. The molecule has 0 aliphatic carbocycles. The molecule has 4 aromatic rings. The number of fused-ring (bicyclic) bond motifs is 2. The van der Waals surface area contributed by atoms with Crippen LogP contribution in [0.5, 0.6) is 0 Å². The molecule has 1 amide bonds. The molecule has 6 nitrogen and oxygen atoms in total. The fourth-order valence-corrected chi connectivity index (χ4v) is 4.49. The Morgan fingerprint density at radius 2 is 1.77 bits per heavy atom. The second-order valence-corrected chi connectivity index (χ2v) is 7.90. The molecule has 0 saturated carbocycles. The predicted octanol–water partition coefficient (Wildman–Crippen LogP) is 4.42. The molecular formula is C24H22N2O4S. The van der Waals surface area contributed by atoms with Gasteiger partial charge in [-0.1, -0.05) is 41.7 Å². The maximum atomic E-state index is 13.0. The van der Waals surface area contributed by atoms with Crippen LogP contribution in [0.15, 0.2) is 65.7 Å². The van der Waals surface area contributed by atoms with Crippen LogP contribution in [0, 0.1) is 0 Å². The first-order valence-corrected chi connectivity index (χ1v) is 10.8. The van der Waals surface area contributed by atoms with Crippen LogP contribution >= 0.6 is 11.3 Å². The van der Waals surface area contributed by atoms with Gasteiger partial charge in [-0.15, -0.1) is 0 Å². The summed E-state index contributed by atoms with van der Waals surface area (Å²) in [5, 5.41) is 2.06. The fraction of sp³-hybridized carbons (Fsp3) is 0.208. The van der Waals surface area contributed by atoms with Gasteiger partial charge < -0.3 is 14.0 Å². The Balaban J connectivity index is 1.78. The summed E-state index contributed by atoms with van der Waals surface area (Å²) >= 11 is 1.36. The van der Waals surface area contributed by atoms with Crippen molar-refractivity contribution < 1.29 is 19.1 Å². The lowest BCUT2D eigenvalue weighted by Crippen LogP contribution is -2.19. The van der Waals surface area contributed by atoms with Gasteiger partial charge in [-0.05, 0) is 48.0 Å². The molecule has 0 aliphatic heterocycles. The summed E-state index contributed by atoms with van der Waals surface area (Å²) in [7, 11) is 1.35. The molecule has 158 valence electrons. The molecule has 0 spiro atoms. The lowest BCUT2D eigenvalue weighted by atomic mass is 10.1. The monoisotopic (exact) mass is 434 g/mol. The normalized spacial score (nSPS) is 11.9. The van der Waals surface area contributed by atoms with Crippen LogP contribution in [0.25, 0.3) is 21.0 Å². The maximum absolute atomic E-state index is 13.0. The van der Waals surface area contributed by atoms with Crippen LogP contribution in [0.3, 0.4) is 0 Å². The molecule has 4 rings (SSSR count).